The van der Waals surface area contributed by atoms with E-state index in [1.54, 1.807) is 24.3 Å². The number of amides is 1. The highest BCUT2D eigenvalue weighted by molar-refractivity contribution is 7.86. The molecule has 5 nitrogen and oxygen atoms in total. The predicted molar refractivity (Wildman–Crippen MR) is 66.2 cm³/mol. The molecule has 1 aliphatic heterocycles. The molecule has 0 aromatic heterocycles. The van der Waals surface area contributed by atoms with Crippen LogP contribution in [0, 0.1) is 5.92 Å². The lowest BCUT2D eigenvalue weighted by atomic mass is 10.1. The second kappa shape index (κ2) is 4.56. The van der Waals surface area contributed by atoms with Gasteiger partial charge in [-0.15, -0.1) is 3.89 Å². The first-order valence-corrected chi connectivity index (χ1v) is 6.98. The molecule has 1 unspecified atom stereocenters. The molecule has 1 heterocycles. The molecule has 2 N–H and O–H groups in total. The van der Waals surface area contributed by atoms with Gasteiger partial charge in [0.2, 0.25) is 5.91 Å². The summed E-state index contributed by atoms with van der Waals surface area (Å²) in [5.41, 5.74) is 6.74. The molecule has 0 aliphatic carbocycles. The maximum absolute atomic E-state index is 12.6. The number of hydrogen-bond acceptors (Lipinski definition) is 4. The molecule has 98 valence electrons. The summed E-state index contributed by atoms with van der Waals surface area (Å²) in [5.74, 6) is -1.33. The van der Waals surface area contributed by atoms with Gasteiger partial charge in [-0.3, -0.25) is 4.79 Å². The van der Waals surface area contributed by atoms with Crippen molar-refractivity contribution in [2.75, 3.05) is 22.9 Å². The number of carbonyl (C=O) groups excluding carboxylic acids is 1. The minimum Gasteiger partial charge on any atom is -0.399 e. The summed E-state index contributed by atoms with van der Waals surface area (Å²) in [7, 11) is -4.55. The minimum atomic E-state index is -4.55. The maximum atomic E-state index is 12.6. The third kappa shape index (κ3) is 2.98. The second-order valence-corrected chi connectivity index (χ2v) is 5.79. The van der Waals surface area contributed by atoms with Crippen LogP contribution in [0.1, 0.15) is 6.42 Å². The van der Waals surface area contributed by atoms with E-state index in [1.807, 2.05) is 0 Å². The molecular weight excluding hydrogens is 259 g/mol. The van der Waals surface area contributed by atoms with Crippen molar-refractivity contribution in [1.29, 1.82) is 0 Å². The lowest BCUT2D eigenvalue weighted by molar-refractivity contribution is -0.117. The van der Waals surface area contributed by atoms with Gasteiger partial charge in [0.05, 0.1) is 5.75 Å². The van der Waals surface area contributed by atoms with Crippen LogP contribution in [-0.2, 0) is 15.0 Å². The highest BCUT2D eigenvalue weighted by Crippen LogP contribution is 2.27. The lowest BCUT2D eigenvalue weighted by Gasteiger charge is -2.16. The van der Waals surface area contributed by atoms with Crippen molar-refractivity contribution in [3.63, 3.8) is 0 Å². The molecule has 1 amide bonds. The number of nitrogens with zero attached hydrogens (tertiary/aromatic N) is 1. The van der Waals surface area contributed by atoms with Crippen molar-refractivity contribution < 1.29 is 17.1 Å². The molecule has 0 radical (unpaired) electrons. The fraction of sp³-hybridized carbons (Fsp3) is 0.364. The van der Waals surface area contributed by atoms with E-state index < -0.39 is 21.9 Å². The highest BCUT2D eigenvalue weighted by Gasteiger charge is 2.33. The zero-order valence-corrected chi connectivity index (χ0v) is 10.4. The van der Waals surface area contributed by atoms with Crippen molar-refractivity contribution in [3.8, 4) is 0 Å². The standard InChI is InChI=1S/C11H13FN2O3S/c12-18(16,17)7-8-4-11(15)14(6-8)10-3-1-2-9(13)5-10/h1-3,5,8H,4,6-7,13H2. The molecule has 0 spiro atoms. The number of carbonyl (C=O) groups is 1. The monoisotopic (exact) mass is 272 g/mol. The van der Waals surface area contributed by atoms with Crippen molar-refractivity contribution in [2.24, 2.45) is 5.92 Å². The predicted octanol–water partition coefficient (Wildman–Crippen LogP) is 0.921. The molecule has 1 aromatic rings. The van der Waals surface area contributed by atoms with Gasteiger partial charge in [0.25, 0.3) is 0 Å². The van der Waals surface area contributed by atoms with Gasteiger partial charge in [-0.1, -0.05) is 6.07 Å². The Bertz CT molecular complexity index is 573. The van der Waals surface area contributed by atoms with Gasteiger partial charge >= 0.3 is 10.2 Å². The third-order valence-electron chi connectivity index (χ3n) is 2.82. The molecule has 1 aliphatic rings. The molecule has 1 aromatic carbocycles. The van der Waals surface area contributed by atoms with E-state index in [0.29, 0.717) is 11.4 Å². The summed E-state index contributed by atoms with van der Waals surface area (Å²) in [6, 6.07) is 6.73. The van der Waals surface area contributed by atoms with Crippen LogP contribution in [0.4, 0.5) is 15.3 Å². The Morgan fingerprint density at radius 1 is 1.44 bits per heavy atom. The Morgan fingerprint density at radius 3 is 2.78 bits per heavy atom. The lowest BCUT2D eigenvalue weighted by Crippen LogP contribution is -2.25. The first-order valence-electron chi connectivity index (χ1n) is 5.43. The number of anilines is 2. The zero-order valence-electron chi connectivity index (χ0n) is 9.54. The second-order valence-electron chi connectivity index (χ2n) is 4.37. The van der Waals surface area contributed by atoms with E-state index in [1.165, 1.54) is 4.90 Å². The first kappa shape index (κ1) is 12.8. The quantitative estimate of drug-likeness (QED) is 0.655. The van der Waals surface area contributed by atoms with Crippen molar-refractivity contribution in [1.82, 2.24) is 0 Å². The van der Waals surface area contributed by atoms with Crippen LogP contribution in [0.3, 0.4) is 0 Å². The van der Waals surface area contributed by atoms with E-state index in [-0.39, 0.29) is 18.9 Å². The van der Waals surface area contributed by atoms with E-state index in [4.69, 9.17) is 5.73 Å². The summed E-state index contributed by atoms with van der Waals surface area (Å²) in [6.07, 6.45) is 0.0396. The summed E-state index contributed by atoms with van der Waals surface area (Å²) in [5, 5.41) is 0. The summed E-state index contributed by atoms with van der Waals surface area (Å²) in [6.45, 7) is 0.200. The van der Waals surface area contributed by atoms with E-state index in [9.17, 15) is 17.1 Å². The van der Waals surface area contributed by atoms with Gasteiger partial charge in [0, 0.05) is 30.3 Å². The smallest absolute Gasteiger partial charge is 0.302 e. The number of halogens is 1. The van der Waals surface area contributed by atoms with Gasteiger partial charge in [0.1, 0.15) is 0 Å². The van der Waals surface area contributed by atoms with Crippen LogP contribution in [-0.4, -0.2) is 26.6 Å². The number of hydrogen-bond donors (Lipinski definition) is 1. The zero-order chi connectivity index (χ0) is 13.3. The fourth-order valence-corrected chi connectivity index (χ4v) is 2.90. The van der Waals surface area contributed by atoms with E-state index in [2.05, 4.69) is 0 Å². The van der Waals surface area contributed by atoms with E-state index >= 15 is 0 Å². The highest BCUT2D eigenvalue weighted by atomic mass is 32.3. The van der Waals surface area contributed by atoms with Gasteiger partial charge in [0.15, 0.2) is 0 Å². The average molecular weight is 272 g/mol. The van der Waals surface area contributed by atoms with Gasteiger partial charge in [-0.05, 0) is 18.2 Å². The first-order chi connectivity index (χ1) is 8.35. The fourth-order valence-electron chi connectivity index (χ4n) is 2.12. The molecule has 0 saturated carbocycles. The number of nitrogens with two attached hydrogens (primary N) is 1. The summed E-state index contributed by atoms with van der Waals surface area (Å²) >= 11 is 0. The Balaban J connectivity index is 2.15. The molecule has 1 fully saturated rings. The Kier molecular flexibility index (Phi) is 3.25. The number of rotatable bonds is 3. The third-order valence-corrected chi connectivity index (χ3v) is 3.69. The van der Waals surface area contributed by atoms with Crippen molar-refractivity contribution in [3.05, 3.63) is 24.3 Å². The Morgan fingerprint density at radius 2 is 2.17 bits per heavy atom. The minimum absolute atomic E-state index is 0.0396. The molecule has 1 saturated heterocycles. The van der Waals surface area contributed by atoms with Gasteiger partial charge in [-0.25, -0.2) is 0 Å². The SMILES string of the molecule is Nc1cccc(N2CC(CS(=O)(=O)F)CC2=O)c1. The number of benzene rings is 1. The Hall–Kier alpha value is -1.63. The van der Waals surface area contributed by atoms with Gasteiger partial charge in [-0.2, -0.15) is 8.42 Å². The number of nitrogen functional groups attached to an aromatic ring is 1. The normalized spacial score (nSPS) is 20.4. The van der Waals surface area contributed by atoms with Crippen LogP contribution in [0.5, 0.6) is 0 Å². The van der Waals surface area contributed by atoms with Crippen LogP contribution in [0.25, 0.3) is 0 Å². The van der Waals surface area contributed by atoms with Gasteiger partial charge < -0.3 is 10.6 Å². The average Bonchev–Trinajstić information content (AvgIpc) is 2.56. The van der Waals surface area contributed by atoms with Crippen LogP contribution < -0.4 is 10.6 Å². The van der Waals surface area contributed by atoms with Crippen molar-refractivity contribution in [2.45, 2.75) is 6.42 Å². The van der Waals surface area contributed by atoms with Crippen LogP contribution in [0.15, 0.2) is 24.3 Å². The largest absolute Gasteiger partial charge is 0.399 e. The summed E-state index contributed by atoms with van der Waals surface area (Å²) in [4.78, 5) is 13.2. The van der Waals surface area contributed by atoms with Crippen molar-refractivity contribution >= 4 is 27.5 Å². The molecule has 7 heteroatoms. The molecular formula is C11H13FN2O3S. The maximum Gasteiger partial charge on any atom is 0.302 e. The Labute approximate surface area is 105 Å². The summed E-state index contributed by atoms with van der Waals surface area (Å²) < 4.78 is 33.7. The van der Waals surface area contributed by atoms with E-state index in [0.717, 1.165) is 0 Å². The molecule has 2 rings (SSSR count). The molecule has 0 bridgehead atoms. The molecule has 1 atom stereocenters. The topological polar surface area (TPSA) is 80.5 Å². The van der Waals surface area contributed by atoms with Crippen LogP contribution in [0.2, 0.25) is 0 Å². The molecule has 18 heavy (non-hydrogen) atoms. The van der Waals surface area contributed by atoms with Crippen LogP contribution >= 0.6 is 0 Å².